The van der Waals surface area contributed by atoms with Gasteiger partial charge in [0, 0.05) is 10.0 Å². The zero-order chi connectivity index (χ0) is 13.9. The van der Waals surface area contributed by atoms with Crippen LogP contribution in [0.25, 0.3) is 6.08 Å². The van der Waals surface area contributed by atoms with Crippen LogP contribution < -0.4 is 10.9 Å². The normalized spacial score (nSPS) is 20.1. The molecule has 20 heavy (non-hydrogen) atoms. The van der Waals surface area contributed by atoms with Crippen LogP contribution in [0.3, 0.4) is 0 Å². The van der Waals surface area contributed by atoms with E-state index in [-0.39, 0.29) is 5.37 Å². The molecule has 0 spiro atoms. The maximum atomic E-state index is 6.23. The van der Waals surface area contributed by atoms with E-state index < -0.39 is 0 Å². The molecule has 2 aromatic rings. The third-order valence-electron chi connectivity index (χ3n) is 2.91. The lowest BCUT2D eigenvalue weighted by molar-refractivity contribution is 0.637. The SMILES string of the molecule is Clc1ccc([C@H]2NN/C(=C\c3ccccc3)S2)c(Cl)c1. The number of halogens is 2. The minimum absolute atomic E-state index is 0.0785. The Labute approximate surface area is 132 Å². The highest BCUT2D eigenvalue weighted by Crippen LogP contribution is 2.39. The fourth-order valence-electron chi connectivity index (χ4n) is 1.95. The van der Waals surface area contributed by atoms with Crippen molar-refractivity contribution in [1.82, 2.24) is 10.9 Å². The predicted molar refractivity (Wildman–Crippen MR) is 87.5 cm³/mol. The van der Waals surface area contributed by atoms with Crippen LogP contribution in [-0.2, 0) is 0 Å². The van der Waals surface area contributed by atoms with Crippen molar-refractivity contribution < 1.29 is 0 Å². The average Bonchev–Trinajstić information content (AvgIpc) is 2.88. The molecule has 1 saturated heterocycles. The molecule has 0 aliphatic carbocycles. The molecule has 0 radical (unpaired) electrons. The van der Waals surface area contributed by atoms with Gasteiger partial charge in [-0.3, -0.25) is 0 Å². The highest BCUT2D eigenvalue weighted by Gasteiger charge is 2.22. The maximum absolute atomic E-state index is 6.23. The molecule has 2 aromatic carbocycles. The summed E-state index contributed by atoms with van der Waals surface area (Å²) in [5.41, 5.74) is 8.58. The van der Waals surface area contributed by atoms with Crippen LogP contribution in [0.2, 0.25) is 10.0 Å². The second-order valence-corrected chi connectivity index (χ2v) is 6.34. The molecule has 1 fully saturated rings. The highest BCUT2D eigenvalue weighted by atomic mass is 35.5. The zero-order valence-electron chi connectivity index (χ0n) is 10.4. The standard InChI is InChI=1S/C15H12Cl2N2S/c16-11-6-7-12(13(17)9-11)15-19-18-14(20-15)8-10-4-2-1-3-5-10/h1-9,15,18-19H/b14-8+/t15-/m0/s1. The van der Waals surface area contributed by atoms with Crippen LogP contribution in [0.15, 0.2) is 53.6 Å². The van der Waals surface area contributed by atoms with Crippen molar-refractivity contribution in [2.45, 2.75) is 5.37 Å². The van der Waals surface area contributed by atoms with Crippen molar-refractivity contribution in [3.8, 4) is 0 Å². The number of hydrogen-bond donors (Lipinski definition) is 2. The van der Waals surface area contributed by atoms with E-state index in [9.17, 15) is 0 Å². The van der Waals surface area contributed by atoms with Crippen LogP contribution in [0, 0.1) is 0 Å². The van der Waals surface area contributed by atoms with E-state index in [1.807, 2.05) is 30.3 Å². The highest BCUT2D eigenvalue weighted by molar-refractivity contribution is 8.03. The summed E-state index contributed by atoms with van der Waals surface area (Å²) < 4.78 is 0. The molecule has 102 valence electrons. The number of benzene rings is 2. The fourth-order valence-corrected chi connectivity index (χ4v) is 3.56. The summed E-state index contributed by atoms with van der Waals surface area (Å²) in [4.78, 5) is 0. The summed E-state index contributed by atoms with van der Waals surface area (Å²) in [5, 5.41) is 2.46. The molecule has 2 nitrogen and oxygen atoms in total. The molecule has 3 rings (SSSR count). The van der Waals surface area contributed by atoms with Gasteiger partial charge >= 0.3 is 0 Å². The Morgan fingerprint density at radius 3 is 2.60 bits per heavy atom. The Hall–Kier alpha value is -1.13. The van der Waals surface area contributed by atoms with Gasteiger partial charge in [-0.1, -0.05) is 71.4 Å². The van der Waals surface area contributed by atoms with Crippen LogP contribution in [0.5, 0.6) is 0 Å². The van der Waals surface area contributed by atoms with Crippen molar-refractivity contribution >= 4 is 41.0 Å². The van der Waals surface area contributed by atoms with Crippen molar-refractivity contribution in [3.05, 3.63) is 74.7 Å². The van der Waals surface area contributed by atoms with Crippen molar-refractivity contribution in [3.63, 3.8) is 0 Å². The zero-order valence-corrected chi connectivity index (χ0v) is 12.8. The second-order valence-electron chi connectivity index (χ2n) is 4.35. The van der Waals surface area contributed by atoms with Gasteiger partial charge in [0.15, 0.2) is 0 Å². The third-order valence-corrected chi connectivity index (χ3v) is 4.56. The number of hydrazine groups is 1. The van der Waals surface area contributed by atoms with E-state index in [0.717, 1.165) is 16.2 Å². The molecular formula is C15H12Cl2N2S. The van der Waals surface area contributed by atoms with Gasteiger partial charge in [0.25, 0.3) is 0 Å². The van der Waals surface area contributed by atoms with Crippen LogP contribution in [0.4, 0.5) is 0 Å². The molecule has 0 amide bonds. The Bertz CT molecular complexity index is 644. The molecule has 2 N–H and O–H groups in total. The van der Waals surface area contributed by atoms with Gasteiger partial charge < -0.3 is 5.43 Å². The first kappa shape index (κ1) is 13.8. The first-order chi connectivity index (χ1) is 9.72. The van der Waals surface area contributed by atoms with Crippen LogP contribution in [0.1, 0.15) is 16.5 Å². The lowest BCUT2D eigenvalue weighted by Crippen LogP contribution is -2.23. The number of thioether (sulfide) groups is 1. The fraction of sp³-hybridized carbons (Fsp3) is 0.0667. The summed E-state index contributed by atoms with van der Waals surface area (Å²) in [6.45, 7) is 0. The monoisotopic (exact) mass is 322 g/mol. The topological polar surface area (TPSA) is 24.1 Å². The van der Waals surface area contributed by atoms with E-state index in [1.54, 1.807) is 17.8 Å². The molecule has 1 heterocycles. The second kappa shape index (κ2) is 6.10. The summed E-state index contributed by atoms with van der Waals surface area (Å²) in [7, 11) is 0. The van der Waals surface area contributed by atoms with Gasteiger partial charge in [-0.05, 0) is 29.3 Å². The maximum Gasteiger partial charge on any atom is 0.104 e. The van der Waals surface area contributed by atoms with Crippen LogP contribution >= 0.6 is 35.0 Å². The van der Waals surface area contributed by atoms with E-state index in [2.05, 4.69) is 29.1 Å². The number of hydrogen-bond acceptors (Lipinski definition) is 3. The van der Waals surface area contributed by atoms with Gasteiger partial charge in [-0.2, -0.15) is 0 Å². The first-order valence-electron chi connectivity index (χ1n) is 6.12. The minimum Gasteiger partial charge on any atom is -0.314 e. The Morgan fingerprint density at radius 1 is 1.05 bits per heavy atom. The van der Waals surface area contributed by atoms with Gasteiger partial charge in [0.1, 0.15) is 5.37 Å². The quantitative estimate of drug-likeness (QED) is 0.827. The van der Waals surface area contributed by atoms with Crippen LogP contribution in [-0.4, -0.2) is 0 Å². The Balaban J connectivity index is 1.78. The molecule has 0 saturated carbocycles. The third kappa shape index (κ3) is 3.13. The van der Waals surface area contributed by atoms with Gasteiger partial charge in [-0.25, -0.2) is 5.43 Å². The van der Waals surface area contributed by atoms with Gasteiger partial charge in [-0.15, -0.1) is 0 Å². The molecule has 1 atom stereocenters. The Morgan fingerprint density at radius 2 is 1.85 bits per heavy atom. The molecule has 0 unspecified atom stereocenters. The smallest absolute Gasteiger partial charge is 0.104 e. The van der Waals surface area contributed by atoms with Crippen molar-refractivity contribution in [2.75, 3.05) is 0 Å². The molecule has 5 heteroatoms. The molecule has 0 bridgehead atoms. The largest absolute Gasteiger partial charge is 0.314 e. The summed E-state index contributed by atoms with van der Waals surface area (Å²) in [6, 6.07) is 15.7. The van der Waals surface area contributed by atoms with Crippen molar-refractivity contribution in [2.24, 2.45) is 0 Å². The summed E-state index contributed by atoms with van der Waals surface area (Å²) in [6.07, 6.45) is 2.10. The summed E-state index contributed by atoms with van der Waals surface area (Å²) in [5.74, 6) is 0. The summed E-state index contributed by atoms with van der Waals surface area (Å²) >= 11 is 13.8. The lowest BCUT2D eigenvalue weighted by Gasteiger charge is -2.10. The van der Waals surface area contributed by atoms with E-state index in [1.165, 1.54) is 0 Å². The molecule has 0 aromatic heterocycles. The Kier molecular flexibility index (Phi) is 4.22. The molecular weight excluding hydrogens is 311 g/mol. The van der Waals surface area contributed by atoms with Gasteiger partial charge in [0.2, 0.25) is 0 Å². The molecule has 1 aliphatic rings. The number of rotatable bonds is 2. The first-order valence-corrected chi connectivity index (χ1v) is 7.76. The van der Waals surface area contributed by atoms with Gasteiger partial charge in [0.05, 0.1) is 5.03 Å². The van der Waals surface area contributed by atoms with E-state index in [0.29, 0.717) is 10.0 Å². The predicted octanol–water partition coefficient (Wildman–Crippen LogP) is 4.83. The number of nitrogens with one attached hydrogen (secondary N) is 2. The molecule has 1 aliphatic heterocycles. The van der Waals surface area contributed by atoms with E-state index in [4.69, 9.17) is 23.2 Å². The average molecular weight is 323 g/mol. The lowest BCUT2D eigenvalue weighted by atomic mass is 10.2. The minimum atomic E-state index is 0.0785. The van der Waals surface area contributed by atoms with E-state index >= 15 is 0 Å². The van der Waals surface area contributed by atoms with Crippen molar-refractivity contribution in [1.29, 1.82) is 0 Å².